The largest absolute Gasteiger partial charge is 0.447 e. The average Bonchev–Trinajstić information content (AvgIpc) is 3.06. The molecule has 7 heteroatoms. The first-order valence-electron chi connectivity index (χ1n) is 7.13. The lowest BCUT2D eigenvalue weighted by molar-refractivity contribution is 0.176. The Labute approximate surface area is 119 Å². The van der Waals surface area contributed by atoms with Gasteiger partial charge in [-0.2, -0.15) is 0 Å². The van der Waals surface area contributed by atoms with E-state index in [-0.39, 0.29) is 17.7 Å². The number of nitrogens with zero attached hydrogens (tertiary/aromatic N) is 1. The molecule has 0 aliphatic carbocycles. The molecule has 2 atom stereocenters. The molecule has 3 N–H and O–H groups in total. The lowest BCUT2D eigenvalue weighted by Gasteiger charge is -2.34. The molecule has 0 saturated carbocycles. The van der Waals surface area contributed by atoms with Crippen LogP contribution in [0.2, 0.25) is 0 Å². The van der Waals surface area contributed by atoms with E-state index in [1.54, 1.807) is 6.07 Å². The number of hydrogen-bond donors (Lipinski definition) is 2. The number of nitrogens with one attached hydrogen (secondary N) is 1. The highest BCUT2D eigenvalue weighted by Gasteiger charge is 2.34. The predicted molar refractivity (Wildman–Crippen MR) is 74.5 cm³/mol. The Balaban J connectivity index is 1.67. The van der Waals surface area contributed by atoms with Gasteiger partial charge >= 0.3 is 0 Å². The number of piperidine rings is 1. The smallest absolute Gasteiger partial charge is 0.274 e. The van der Waals surface area contributed by atoms with Crippen LogP contribution in [-0.4, -0.2) is 38.5 Å². The predicted octanol–water partition coefficient (Wildman–Crippen LogP) is 0.643. The zero-order valence-electron chi connectivity index (χ0n) is 11.4. The van der Waals surface area contributed by atoms with Crippen molar-refractivity contribution < 1.29 is 12.8 Å². The summed E-state index contributed by atoms with van der Waals surface area (Å²) < 4.78 is 32.5. The molecule has 6 nitrogen and oxygen atoms in total. The minimum atomic E-state index is -3.57. The van der Waals surface area contributed by atoms with E-state index in [0.29, 0.717) is 11.8 Å². The third kappa shape index (κ3) is 2.76. The van der Waals surface area contributed by atoms with Crippen molar-refractivity contribution in [3.8, 4) is 0 Å². The van der Waals surface area contributed by atoms with Crippen LogP contribution >= 0.6 is 0 Å². The maximum atomic E-state index is 12.3. The standard InChI is InChI=1S/C13H21N3O3S/c14-9-12-3-4-13(19-12)20(17,18)15-10-5-7-16-6-1-2-11(16)8-10/h3-4,10-11,15H,1-2,5-9,14H2. The van der Waals surface area contributed by atoms with E-state index in [9.17, 15) is 8.42 Å². The fourth-order valence-corrected chi connectivity index (χ4v) is 4.45. The number of hydrogen-bond acceptors (Lipinski definition) is 5. The first kappa shape index (κ1) is 14.1. The minimum absolute atomic E-state index is 0.00535. The molecule has 0 spiro atoms. The average molecular weight is 299 g/mol. The van der Waals surface area contributed by atoms with Crippen LogP contribution in [0.25, 0.3) is 0 Å². The maximum Gasteiger partial charge on any atom is 0.274 e. The summed E-state index contributed by atoms with van der Waals surface area (Å²) >= 11 is 0. The Bertz CT molecular complexity index is 569. The summed E-state index contributed by atoms with van der Waals surface area (Å²) in [6.07, 6.45) is 4.16. The highest BCUT2D eigenvalue weighted by Crippen LogP contribution is 2.27. The molecule has 2 saturated heterocycles. The topological polar surface area (TPSA) is 88.6 Å². The molecule has 2 aliphatic rings. The maximum absolute atomic E-state index is 12.3. The summed E-state index contributed by atoms with van der Waals surface area (Å²) in [4.78, 5) is 2.46. The number of sulfonamides is 1. The molecule has 112 valence electrons. The van der Waals surface area contributed by atoms with Gasteiger partial charge in [0.1, 0.15) is 5.76 Å². The third-order valence-corrected chi connectivity index (χ3v) is 5.64. The van der Waals surface area contributed by atoms with Crippen molar-refractivity contribution in [1.29, 1.82) is 0 Å². The molecule has 0 amide bonds. The van der Waals surface area contributed by atoms with Crippen molar-refractivity contribution in [1.82, 2.24) is 9.62 Å². The van der Waals surface area contributed by atoms with E-state index in [4.69, 9.17) is 10.2 Å². The molecule has 20 heavy (non-hydrogen) atoms. The summed E-state index contributed by atoms with van der Waals surface area (Å²) in [5.74, 6) is 0.482. The molecule has 0 radical (unpaired) electrons. The fraction of sp³-hybridized carbons (Fsp3) is 0.692. The number of fused-ring (bicyclic) bond motifs is 1. The first-order valence-corrected chi connectivity index (χ1v) is 8.62. The molecule has 3 rings (SSSR count). The molecular weight excluding hydrogens is 278 g/mol. The van der Waals surface area contributed by atoms with Gasteiger partial charge in [-0.25, -0.2) is 13.1 Å². The van der Waals surface area contributed by atoms with Gasteiger partial charge in [-0.15, -0.1) is 0 Å². The summed E-state index contributed by atoms with van der Waals surface area (Å²) in [6.45, 7) is 2.34. The summed E-state index contributed by atoms with van der Waals surface area (Å²) in [5, 5.41) is -0.0354. The monoisotopic (exact) mass is 299 g/mol. The number of nitrogens with two attached hydrogens (primary N) is 1. The lowest BCUT2D eigenvalue weighted by atomic mass is 9.99. The van der Waals surface area contributed by atoms with Crippen molar-refractivity contribution in [3.63, 3.8) is 0 Å². The van der Waals surface area contributed by atoms with Crippen molar-refractivity contribution in [2.75, 3.05) is 13.1 Å². The second-order valence-corrected chi connectivity index (χ2v) is 7.24. The van der Waals surface area contributed by atoms with Crippen molar-refractivity contribution >= 4 is 10.0 Å². The Morgan fingerprint density at radius 2 is 2.20 bits per heavy atom. The summed E-state index contributed by atoms with van der Waals surface area (Å²) in [6, 6.07) is 3.61. The Kier molecular flexibility index (Phi) is 3.85. The van der Waals surface area contributed by atoms with E-state index < -0.39 is 10.0 Å². The van der Waals surface area contributed by atoms with Gasteiger partial charge < -0.3 is 15.1 Å². The number of furan rings is 1. The summed E-state index contributed by atoms with van der Waals surface area (Å²) in [7, 11) is -3.57. The van der Waals surface area contributed by atoms with Gasteiger partial charge in [-0.3, -0.25) is 0 Å². The lowest BCUT2D eigenvalue weighted by Crippen LogP contribution is -2.47. The van der Waals surface area contributed by atoms with E-state index in [2.05, 4.69) is 9.62 Å². The molecular formula is C13H21N3O3S. The van der Waals surface area contributed by atoms with Crippen molar-refractivity contribution in [2.24, 2.45) is 5.73 Å². The second-order valence-electron chi connectivity index (χ2n) is 5.60. The molecule has 1 aromatic heterocycles. The van der Waals surface area contributed by atoms with Crippen LogP contribution in [0, 0.1) is 0 Å². The molecule has 0 aromatic carbocycles. The normalized spacial score (nSPS) is 27.6. The van der Waals surface area contributed by atoms with Crippen molar-refractivity contribution in [2.45, 2.75) is 49.4 Å². The van der Waals surface area contributed by atoms with Crippen molar-refractivity contribution in [3.05, 3.63) is 17.9 Å². The van der Waals surface area contributed by atoms with Crippen LogP contribution in [0.4, 0.5) is 0 Å². The van der Waals surface area contributed by atoms with Gasteiger partial charge in [0.2, 0.25) is 5.09 Å². The molecule has 0 bridgehead atoms. The van der Waals surface area contributed by atoms with Gasteiger partial charge in [0, 0.05) is 12.1 Å². The van der Waals surface area contributed by atoms with Crippen LogP contribution in [0.15, 0.2) is 21.6 Å². The molecule has 2 unspecified atom stereocenters. The first-order chi connectivity index (χ1) is 9.58. The Morgan fingerprint density at radius 1 is 1.35 bits per heavy atom. The zero-order chi connectivity index (χ0) is 14.2. The highest BCUT2D eigenvalue weighted by atomic mass is 32.2. The van der Waals surface area contributed by atoms with Gasteiger partial charge in [0.15, 0.2) is 0 Å². The molecule has 1 aromatic rings. The SMILES string of the molecule is NCc1ccc(S(=O)(=O)NC2CCN3CCCC3C2)o1. The van der Waals surface area contributed by atoms with E-state index in [1.807, 2.05) is 0 Å². The van der Waals surface area contributed by atoms with E-state index in [0.717, 1.165) is 25.9 Å². The van der Waals surface area contributed by atoms with Gasteiger partial charge in [0.25, 0.3) is 10.0 Å². The van der Waals surface area contributed by atoms with Crippen LogP contribution < -0.4 is 10.5 Å². The number of rotatable bonds is 4. The Hall–Kier alpha value is -0.890. The fourth-order valence-electron chi connectivity index (χ4n) is 3.22. The van der Waals surface area contributed by atoms with Gasteiger partial charge in [-0.1, -0.05) is 0 Å². The van der Waals surface area contributed by atoms with Gasteiger partial charge in [-0.05, 0) is 50.9 Å². The quantitative estimate of drug-likeness (QED) is 0.852. The Morgan fingerprint density at radius 3 is 2.95 bits per heavy atom. The van der Waals surface area contributed by atoms with Gasteiger partial charge in [0.05, 0.1) is 6.54 Å². The third-order valence-electron chi connectivity index (χ3n) is 4.25. The zero-order valence-corrected chi connectivity index (χ0v) is 12.2. The van der Waals surface area contributed by atoms with E-state index in [1.165, 1.54) is 18.9 Å². The van der Waals surface area contributed by atoms with Crippen LogP contribution in [0.3, 0.4) is 0 Å². The molecule has 3 heterocycles. The van der Waals surface area contributed by atoms with E-state index >= 15 is 0 Å². The summed E-state index contributed by atoms with van der Waals surface area (Å²) in [5.41, 5.74) is 5.43. The van der Waals surface area contributed by atoms with Crippen LogP contribution in [-0.2, 0) is 16.6 Å². The van der Waals surface area contributed by atoms with Crippen LogP contribution in [0.1, 0.15) is 31.4 Å². The molecule has 2 aliphatic heterocycles. The second kappa shape index (κ2) is 5.48. The molecule has 2 fully saturated rings. The minimum Gasteiger partial charge on any atom is -0.447 e. The highest BCUT2D eigenvalue weighted by molar-refractivity contribution is 7.89. The van der Waals surface area contributed by atoms with Crippen LogP contribution in [0.5, 0.6) is 0 Å².